The van der Waals surface area contributed by atoms with E-state index in [2.05, 4.69) is 11.7 Å². The fourth-order valence-electron chi connectivity index (χ4n) is 1.47. The van der Waals surface area contributed by atoms with Gasteiger partial charge in [0.2, 0.25) is 0 Å². The first-order chi connectivity index (χ1) is 9.52. The Kier molecular flexibility index (Phi) is 13.3. The van der Waals surface area contributed by atoms with E-state index in [1.807, 2.05) is 0 Å². The maximum Gasteiger partial charge on any atom is 0.315 e. The van der Waals surface area contributed by atoms with Gasteiger partial charge in [0, 0.05) is 11.7 Å². The van der Waals surface area contributed by atoms with Crippen molar-refractivity contribution >= 4 is 35.7 Å². The monoisotopic (exact) mass is 342 g/mol. The number of carbonyl (C=O) groups excluding carboxylic acids is 1. The molecule has 120 valence electrons. The third-order valence-electron chi connectivity index (χ3n) is 2.64. The summed E-state index contributed by atoms with van der Waals surface area (Å²) in [6.07, 6.45) is 7.16. The van der Waals surface area contributed by atoms with Gasteiger partial charge in [0.15, 0.2) is 0 Å². The van der Waals surface area contributed by atoms with E-state index in [0.29, 0.717) is 17.4 Å². The lowest BCUT2D eigenvalue weighted by Gasteiger charge is -2.12. The molecule has 0 aromatic rings. The Morgan fingerprint density at radius 1 is 1.15 bits per heavy atom. The van der Waals surface area contributed by atoms with Crippen LogP contribution in [0.4, 0.5) is 0 Å². The van der Waals surface area contributed by atoms with Gasteiger partial charge >= 0.3 is 5.97 Å². The number of hydrogen-bond donors (Lipinski definition) is 0. The predicted octanol–water partition coefficient (Wildman–Crippen LogP) is 4.78. The topological polar surface area (TPSA) is 52.6 Å². The molecule has 7 heteroatoms. The van der Waals surface area contributed by atoms with Crippen molar-refractivity contribution in [1.29, 1.82) is 0 Å². The zero-order valence-electron chi connectivity index (χ0n) is 12.8. The molecule has 1 unspecified atom stereocenters. The maximum absolute atomic E-state index is 12.1. The summed E-state index contributed by atoms with van der Waals surface area (Å²) in [6, 6.07) is 0. The van der Waals surface area contributed by atoms with Crippen LogP contribution in [-0.2, 0) is 18.6 Å². The number of unbranched alkanes of at least 4 members (excludes halogenated alkanes) is 5. The number of rotatable bonds is 13. The van der Waals surface area contributed by atoms with Crippen LogP contribution < -0.4 is 0 Å². The third-order valence-corrected chi connectivity index (χ3v) is 7.96. The van der Waals surface area contributed by atoms with Gasteiger partial charge in [0.25, 0.3) is 6.57 Å². The molecule has 4 nitrogen and oxygen atoms in total. The quantitative estimate of drug-likeness (QED) is 0.208. The van der Waals surface area contributed by atoms with Gasteiger partial charge in [0.05, 0.1) is 19.5 Å². The van der Waals surface area contributed by atoms with Crippen molar-refractivity contribution in [2.75, 3.05) is 31.2 Å². The van der Waals surface area contributed by atoms with Crippen LogP contribution in [0.3, 0.4) is 0 Å². The highest BCUT2D eigenvalue weighted by Crippen LogP contribution is 2.57. The highest BCUT2D eigenvalue weighted by atomic mass is 32.7. The first-order valence-corrected chi connectivity index (χ1v) is 11.8. The Labute approximate surface area is 131 Å². The molecule has 0 rings (SSSR count). The largest absolute Gasteiger partial charge is 0.468 e. The summed E-state index contributed by atoms with van der Waals surface area (Å²) in [4.78, 5) is 10.9. The molecule has 20 heavy (non-hydrogen) atoms. The number of carbonyl (C=O) groups is 1. The standard InChI is InChI=1S/C13H27O4PS2/c1-4-5-6-7-8-9-10-17-18(3,15)20-12-19-11-13(14)16-2/h4-12H2,1-3H3. The molecule has 0 aromatic heterocycles. The Hall–Kier alpha value is 0.360. The van der Waals surface area contributed by atoms with Gasteiger partial charge in [-0.15, -0.1) is 11.8 Å². The molecule has 0 spiro atoms. The van der Waals surface area contributed by atoms with Gasteiger partial charge < -0.3 is 9.26 Å². The number of ether oxygens (including phenoxy) is 1. The zero-order chi connectivity index (χ0) is 15.3. The van der Waals surface area contributed by atoms with Gasteiger partial charge in [-0.3, -0.25) is 9.36 Å². The fourth-order valence-corrected chi connectivity index (χ4v) is 6.53. The van der Waals surface area contributed by atoms with Gasteiger partial charge in [0.1, 0.15) is 0 Å². The molecule has 0 radical (unpaired) electrons. The van der Waals surface area contributed by atoms with E-state index in [-0.39, 0.29) is 5.97 Å². The van der Waals surface area contributed by atoms with E-state index in [0.717, 1.165) is 12.8 Å². The van der Waals surface area contributed by atoms with Crippen molar-refractivity contribution in [1.82, 2.24) is 0 Å². The zero-order valence-corrected chi connectivity index (χ0v) is 15.3. The van der Waals surface area contributed by atoms with Crippen molar-refractivity contribution in [2.24, 2.45) is 0 Å². The Bertz CT molecular complexity index is 300. The summed E-state index contributed by atoms with van der Waals surface area (Å²) in [6.45, 7) is 1.83. The summed E-state index contributed by atoms with van der Waals surface area (Å²) >= 11 is 2.69. The van der Waals surface area contributed by atoms with Crippen molar-refractivity contribution < 1.29 is 18.6 Å². The molecule has 0 saturated heterocycles. The molecule has 0 aliphatic heterocycles. The molecule has 0 N–H and O–H groups in total. The fraction of sp³-hybridized carbons (Fsp3) is 0.923. The van der Waals surface area contributed by atoms with Gasteiger partial charge in [-0.25, -0.2) is 0 Å². The molecular weight excluding hydrogens is 315 g/mol. The maximum atomic E-state index is 12.1. The van der Waals surface area contributed by atoms with E-state index in [1.54, 1.807) is 6.66 Å². The molecule has 0 aliphatic carbocycles. The van der Waals surface area contributed by atoms with Gasteiger partial charge in [-0.1, -0.05) is 50.4 Å². The second-order valence-corrected chi connectivity index (χ2v) is 11.0. The van der Waals surface area contributed by atoms with E-state index in [9.17, 15) is 9.36 Å². The van der Waals surface area contributed by atoms with Crippen molar-refractivity contribution in [3.8, 4) is 0 Å². The van der Waals surface area contributed by atoms with Gasteiger partial charge in [-0.05, 0) is 6.42 Å². The first-order valence-electron chi connectivity index (χ1n) is 7.03. The van der Waals surface area contributed by atoms with E-state index >= 15 is 0 Å². The lowest BCUT2D eigenvalue weighted by atomic mass is 10.1. The Balaban J connectivity index is 3.49. The summed E-state index contributed by atoms with van der Waals surface area (Å²) in [5.41, 5.74) is 0. The second kappa shape index (κ2) is 13.1. The molecule has 0 bridgehead atoms. The Morgan fingerprint density at radius 3 is 2.45 bits per heavy atom. The summed E-state index contributed by atoms with van der Waals surface area (Å²) < 4.78 is 22.1. The average Bonchev–Trinajstić information content (AvgIpc) is 2.42. The van der Waals surface area contributed by atoms with Crippen LogP contribution in [-0.4, -0.2) is 37.2 Å². The molecule has 0 fully saturated rings. The van der Waals surface area contributed by atoms with Crippen LogP contribution in [0.25, 0.3) is 0 Å². The lowest BCUT2D eigenvalue weighted by Crippen LogP contribution is -2.03. The summed E-state index contributed by atoms with van der Waals surface area (Å²) in [5, 5.41) is 0.583. The normalized spacial score (nSPS) is 13.9. The van der Waals surface area contributed by atoms with Crippen molar-refractivity contribution in [2.45, 2.75) is 45.4 Å². The molecule has 0 heterocycles. The minimum atomic E-state index is -2.58. The van der Waals surface area contributed by atoms with Crippen LogP contribution in [0.5, 0.6) is 0 Å². The minimum Gasteiger partial charge on any atom is -0.468 e. The molecule has 0 aliphatic rings. The smallest absolute Gasteiger partial charge is 0.315 e. The number of thioether (sulfide) groups is 1. The number of methoxy groups -OCH3 is 1. The third kappa shape index (κ3) is 13.3. The highest BCUT2D eigenvalue weighted by molar-refractivity contribution is 8.58. The Morgan fingerprint density at radius 2 is 1.80 bits per heavy atom. The van der Waals surface area contributed by atoms with E-state index in [1.165, 1.54) is 55.9 Å². The minimum absolute atomic E-state index is 0.255. The van der Waals surface area contributed by atoms with Crippen LogP contribution in [0.1, 0.15) is 45.4 Å². The van der Waals surface area contributed by atoms with Crippen molar-refractivity contribution in [3.63, 3.8) is 0 Å². The van der Waals surface area contributed by atoms with E-state index in [4.69, 9.17) is 4.52 Å². The predicted molar refractivity (Wildman–Crippen MR) is 89.8 cm³/mol. The second-order valence-electron chi connectivity index (χ2n) is 4.54. The highest BCUT2D eigenvalue weighted by Gasteiger charge is 2.16. The summed E-state index contributed by atoms with van der Waals surface area (Å²) in [5.74, 6) is 0.0375. The van der Waals surface area contributed by atoms with Crippen LogP contribution in [0.2, 0.25) is 0 Å². The van der Waals surface area contributed by atoms with Crippen molar-refractivity contribution in [3.05, 3.63) is 0 Å². The summed E-state index contributed by atoms with van der Waals surface area (Å²) in [7, 11) is 1.37. The molecule has 0 saturated carbocycles. The van der Waals surface area contributed by atoms with Crippen LogP contribution in [0.15, 0.2) is 0 Å². The number of esters is 1. The first kappa shape index (κ1) is 20.4. The van der Waals surface area contributed by atoms with Crippen LogP contribution >= 0.6 is 29.7 Å². The average molecular weight is 342 g/mol. The van der Waals surface area contributed by atoms with Gasteiger partial charge in [-0.2, -0.15) is 0 Å². The van der Waals surface area contributed by atoms with Crippen LogP contribution in [0, 0.1) is 0 Å². The van der Waals surface area contributed by atoms with E-state index < -0.39 is 6.57 Å². The molecule has 1 atom stereocenters. The SMILES string of the molecule is CCCCCCCCOP(C)(=O)SCSCC(=O)OC. The molecule has 0 aromatic carbocycles. The number of hydrogen-bond acceptors (Lipinski definition) is 6. The molecule has 0 amide bonds. The lowest BCUT2D eigenvalue weighted by molar-refractivity contribution is -0.137. The molecular formula is C13H27O4PS2.